The van der Waals surface area contributed by atoms with Crippen LogP contribution in [0.2, 0.25) is 0 Å². The van der Waals surface area contributed by atoms with Gasteiger partial charge >= 0.3 is 0 Å². The molecule has 0 N–H and O–H groups in total. The van der Waals surface area contributed by atoms with Crippen LogP contribution in [0.25, 0.3) is 0 Å². The highest BCUT2D eigenvalue weighted by atomic mass is 32.2. The van der Waals surface area contributed by atoms with E-state index >= 15 is 0 Å². The molecular weight excluding hydrogens is 272 g/mol. The first-order chi connectivity index (χ1) is 9.12. The second kappa shape index (κ2) is 5.58. The minimum absolute atomic E-state index is 0.477. The Kier molecular flexibility index (Phi) is 4.53. The molecule has 0 spiro atoms. The Hall–Kier alpha value is -0.130. The van der Waals surface area contributed by atoms with Crippen molar-refractivity contribution in [3.63, 3.8) is 0 Å². The summed E-state index contributed by atoms with van der Waals surface area (Å²) in [5, 5.41) is 0. The van der Waals surface area contributed by atoms with Crippen LogP contribution in [-0.4, -0.2) is 67.5 Å². The maximum Gasteiger partial charge on any atom is 0.153 e. The summed E-state index contributed by atoms with van der Waals surface area (Å²) in [5.74, 6) is 0.562. The maximum absolute atomic E-state index is 12.0. The van der Waals surface area contributed by atoms with Gasteiger partial charge in [0.15, 0.2) is 9.84 Å². The Bertz CT molecular complexity index is 445. The fourth-order valence-corrected chi connectivity index (χ4v) is 3.93. The fraction of sp³-hybridized carbons (Fsp3) is 1.00. The van der Waals surface area contributed by atoms with Gasteiger partial charge in [-0.2, -0.15) is 0 Å². The van der Waals surface area contributed by atoms with Crippen LogP contribution in [0.3, 0.4) is 0 Å². The molecule has 0 amide bonds. The summed E-state index contributed by atoms with van der Waals surface area (Å²) in [6.07, 6.45) is 3.92. The lowest BCUT2D eigenvalue weighted by Crippen LogP contribution is -2.61. The zero-order valence-corrected chi connectivity index (χ0v) is 14.4. The van der Waals surface area contributed by atoms with Gasteiger partial charge in [-0.3, -0.25) is 9.80 Å². The normalized spacial score (nSPS) is 29.9. The standard InChI is InChI=1S/C15H30N2O2S/c1-12(2)14-10-16-8-6-7-13(16)9-17(14)11-15(3,4)20(5,18)19/h12-14H,6-11H2,1-5H3. The summed E-state index contributed by atoms with van der Waals surface area (Å²) in [6, 6.07) is 1.12. The summed E-state index contributed by atoms with van der Waals surface area (Å²) in [5.41, 5.74) is 0. The first-order valence-electron chi connectivity index (χ1n) is 7.79. The topological polar surface area (TPSA) is 40.6 Å². The lowest BCUT2D eigenvalue weighted by molar-refractivity contribution is 0.0246. The van der Waals surface area contributed by atoms with E-state index in [4.69, 9.17) is 0 Å². The molecule has 20 heavy (non-hydrogen) atoms. The molecule has 4 nitrogen and oxygen atoms in total. The number of rotatable bonds is 4. The van der Waals surface area contributed by atoms with Crippen molar-refractivity contribution in [1.29, 1.82) is 0 Å². The van der Waals surface area contributed by atoms with Gasteiger partial charge < -0.3 is 0 Å². The van der Waals surface area contributed by atoms with Gasteiger partial charge in [-0.15, -0.1) is 0 Å². The second-order valence-electron chi connectivity index (χ2n) is 7.56. The first kappa shape index (κ1) is 16.2. The van der Waals surface area contributed by atoms with Crippen molar-refractivity contribution in [2.24, 2.45) is 5.92 Å². The molecule has 2 fully saturated rings. The molecule has 5 heteroatoms. The molecular formula is C15H30N2O2S. The summed E-state index contributed by atoms with van der Waals surface area (Å²) in [7, 11) is -3.03. The van der Waals surface area contributed by atoms with E-state index in [0.717, 1.165) is 13.1 Å². The Morgan fingerprint density at radius 2 is 1.90 bits per heavy atom. The molecule has 0 saturated carbocycles. The van der Waals surface area contributed by atoms with Gasteiger partial charge in [0, 0.05) is 38.0 Å². The van der Waals surface area contributed by atoms with Crippen molar-refractivity contribution in [3.8, 4) is 0 Å². The third-order valence-electron chi connectivity index (χ3n) is 5.19. The molecule has 2 aliphatic heterocycles. The van der Waals surface area contributed by atoms with Gasteiger partial charge in [0.25, 0.3) is 0 Å². The molecule has 118 valence electrons. The van der Waals surface area contributed by atoms with E-state index < -0.39 is 14.6 Å². The van der Waals surface area contributed by atoms with Crippen molar-refractivity contribution in [3.05, 3.63) is 0 Å². The van der Waals surface area contributed by atoms with Crippen LogP contribution >= 0.6 is 0 Å². The third kappa shape index (κ3) is 3.20. The Labute approximate surface area is 124 Å². The average molecular weight is 302 g/mol. The average Bonchev–Trinajstić information content (AvgIpc) is 2.72. The second-order valence-corrected chi connectivity index (χ2v) is 10.2. The predicted molar refractivity (Wildman–Crippen MR) is 83.7 cm³/mol. The van der Waals surface area contributed by atoms with E-state index in [-0.39, 0.29) is 0 Å². The number of sulfone groups is 1. The SMILES string of the molecule is CC(C)C1CN2CCCC2CN1CC(C)(C)S(C)(=O)=O. The Morgan fingerprint density at radius 3 is 2.45 bits per heavy atom. The Balaban J connectivity index is 2.15. The molecule has 2 saturated heterocycles. The molecule has 0 aromatic rings. The lowest BCUT2D eigenvalue weighted by atomic mass is 9.96. The number of fused-ring (bicyclic) bond motifs is 1. The lowest BCUT2D eigenvalue weighted by Gasteiger charge is -2.47. The van der Waals surface area contributed by atoms with E-state index in [2.05, 4.69) is 23.6 Å². The molecule has 2 rings (SSSR count). The minimum Gasteiger partial charge on any atom is -0.298 e. The summed E-state index contributed by atoms with van der Waals surface area (Å²) in [6.45, 7) is 12.2. The van der Waals surface area contributed by atoms with E-state index in [1.165, 1.54) is 25.6 Å². The third-order valence-corrected chi connectivity index (χ3v) is 7.33. The van der Waals surface area contributed by atoms with Gasteiger partial charge in [0.2, 0.25) is 0 Å². The largest absolute Gasteiger partial charge is 0.298 e. The molecule has 0 aliphatic carbocycles. The van der Waals surface area contributed by atoms with Crippen molar-refractivity contribution < 1.29 is 8.42 Å². The summed E-state index contributed by atoms with van der Waals surface area (Å²) < 4.78 is 23.3. The van der Waals surface area contributed by atoms with Crippen molar-refractivity contribution >= 4 is 9.84 Å². The number of hydrogen-bond donors (Lipinski definition) is 0. The summed E-state index contributed by atoms with van der Waals surface area (Å²) in [4.78, 5) is 5.05. The van der Waals surface area contributed by atoms with E-state index in [1.54, 1.807) is 0 Å². The molecule has 0 bridgehead atoms. The van der Waals surface area contributed by atoms with Gasteiger partial charge in [-0.05, 0) is 39.2 Å². The fourth-order valence-electron chi connectivity index (χ4n) is 3.52. The number of piperazine rings is 1. The van der Waals surface area contributed by atoms with E-state index in [1.807, 2.05) is 13.8 Å². The smallest absolute Gasteiger partial charge is 0.153 e. The number of hydrogen-bond acceptors (Lipinski definition) is 4. The highest BCUT2D eigenvalue weighted by Gasteiger charge is 2.41. The van der Waals surface area contributed by atoms with Gasteiger partial charge in [0.05, 0.1) is 4.75 Å². The zero-order valence-electron chi connectivity index (χ0n) is 13.6. The highest BCUT2D eigenvalue weighted by molar-refractivity contribution is 7.92. The maximum atomic E-state index is 12.0. The quantitative estimate of drug-likeness (QED) is 0.791. The van der Waals surface area contributed by atoms with Gasteiger partial charge in [-0.1, -0.05) is 13.8 Å². The van der Waals surface area contributed by atoms with Crippen molar-refractivity contribution in [2.75, 3.05) is 32.4 Å². The van der Waals surface area contributed by atoms with Crippen LogP contribution in [0.15, 0.2) is 0 Å². The Morgan fingerprint density at radius 1 is 1.25 bits per heavy atom. The van der Waals surface area contributed by atoms with E-state index in [9.17, 15) is 8.42 Å². The van der Waals surface area contributed by atoms with E-state index in [0.29, 0.717) is 24.5 Å². The minimum atomic E-state index is -3.03. The van der Waals surface area contributed by atoms with Crippen LogP contribution in [0.1, 0.15) is 40.5 Å². The monoisotopic (exact) mass is 302 g/mol. The molecule has 2 aliphatic rings. The van der Waals surface area contributed by atoms with Crippen LogP contribution in [0.5, 0.6) is 0 Å². The van der Waals surface area contributed by atoms with Gasteiger partial charge in [0.1, 0.15) is 0 Å². The van der Waals surface area contributed by atoms with Crippen LogP contribution in [0, 0.1) is 5.92 Å². The zero-order chi connectivity index (χ0) is 15.1. The molecule has 0 aromatic carbocycles. The number of nitrogens with zero attached hydrogens (tertiary/aromatic N) is 2. The molecule has 2 atom stereocenters. The van der Waals surface area contributed by atoms with Crippen molar-refractivity contribution in [1.82, 2.24) is 9.80 Å². The molecule has 2 heterocycles. The van der Waals surface area contributed by atoms with Crippen LogP contribution in [-0.2, 0) is 9.84 Å². The van der Waals surface area contributed by atoms with Crippen molar-refractivity contribution in [2.45, 2.75) is 57.4 Å². The van der Waals surface area contributed by atoms with Gasteiger partial charge in [-0.25, -0.2) is 8.42 Å². The highest BCUT2D eigenvalue weighted by Crippen LogP contribution is 2.30. The van der Waals surface area contributed by atoms with Crippen LogP contribution in [0.4, 0.5) is 0 Å². The van der Waals surface area contributed by atoms with Crippen LogP contribution < -0.4 is 0 Å². The molecule has 0 radical (unpaired) electrons. The first-order valence-corrected chi connectivity index (χ1v) is 9.68. The molecule has 0 aromatic heterocycles. The molecule has 2 unspecified atom stereocenters. The predicted octanol–water partition coefficient (Wildman–Crippen LogP) is 1.61. The summed E-state index contributed by atoms with van der Waals surface area (Å²) >= 11 is 0.